The number of anilines is 1. The minimum atomic E-state index is -1.59. The Morgan fingerprint density at radius 2 is 1.81 bits per heavy atom. The van der Waals surface area contributed by atoms with E-state index >= 15 is 0 Å². The molecule has 0 saturated carbocycles. The highest BCUT2D eigenvalue weighted by atomic mass is 16.5. The maximum absolute atomic E-state index is 14.1. The molecule has 6 nitrogen and oxygen atoms in total. The van der Waals surface area contributed by atoms with Crippen LogP contribution in [0.4, 0.5) is 5.69 Å². The molecule has 2 aliphatic carbocycles. The third-order valence-electron chi connectivity index (χ3n) is 6.99. The van der Waals surface area contributed by atoms with Crippen LogP contribution in [0.5, 0.6) is 0 Å². The standard InChI is InChI=1S/C25H19N3O3/c1-14-11-19-21(20(29)12-14)24-18(13-26)23(27)31-25(24,28(19)15-7-3-2-4-8-15)17-10-6-5-9-16(17)22(24)30/h2-10,14H,11-12,27H2,1H3/t14?,24-,25-/m0/s1. The minimum absolute atomic E-state index is 0.0301. The third-order valence-corrected chi connectivity index (χ3v) is 6.99. The summed E-state index contributed by atoms with van der Waals surface area (Å²) in [6.07, 6.45) is 0.929. The van der Waals surface area contributed by atoms with E-state index in [0.717, 1.165) is 11.4 Å². The summed E-state index contributed by atoms with van der Waals surface area (Å²) in [5.74, 6) is -0.399. The van der Waals surface area contributed by atoms with E-state index in [-0.39, 0.29) is 28.9 Å². The van der Waals surface area contributed by atoms with Crippen LogP contribution in [0.3, 0.4) is 0 Å². The molecule has 2 heterocycles. The number of para-hydroxylation sites is 1. The van der Waals surface area contributed by atoms with Crippen molar-refractivity contribution in [3.05, 3.63) is 88.5 Å². The minimum Gasteiger partial charge on any atom is -0.446 e. The second-order valence-corrected chi connectivity index (χ2v) is 8.65. The van der Waals surface area contributed by atoms with Crippen LogP contribution in [0, 0.1) is 22.7 Å². The lowest BCUT2D eigenvalue weighted by Gasteiger charge is -2.42. The Balaban J connectivity index is 1.80. The molecule has 6 heteroatoms. The molecule has 2 aliphatic heterocycles. The maximum Gasteiger partial charge on any atom is 0.238 e. The topological polar surface area (TPSA) is 96.4 Å². The van der Waals surface area contributed by atoms with Gasteiger partial charge in [-0.05, 0) is 24.5 Å². The lowest BCUT2D eigenvalue weighted by atomic mass is 9.65. The molecule has 1 unspecified atom stereocenters. The first-order chi connectivity index (χ1) is 15.0. The van der Waals surface area contributed by atoms with E-state index in [1.54, 1.807) is 12.1 Å². The van der Waals surface area contributed by atoms with Gasteiger partial charge in [-0.1, -0.05) is 49.4 Å². The number of fused-ring (bicyclic) bond motifs is 1. The molecule has 152 valence electrons. The van der Waals surface area contributed by atoms with Gasteiger partial charge in [0.2, 0.25) is 11.6 Å². The highest BCUT2D eigenvalue weighted by molar-refractivity contribution is 6.20. The summed E-state index contributed by atoms with van der Waals surface area (Å²) in [6, 6.07) is 18.9. The van der Waals surface area contributed by atoms with Gasteiger partial charge >= 0.3 is 0 Å². The van der Waals surface area contributed by atoms with Gasteiger partial charge in [0.05, 0.1) is 0 Å². The fourth-order valence-electron chi connectivity index (χ4n) is 6.04. The Labute approximate surface area is 179 Å². The fraction of sp³-hybridized carbons (Fsp3) is 0.240. The van der Waals surface area contributed by atoms with Gasteiger partial charge < -0.3 is 15.4 Å². The summed E-state index contributed by atoms with van der Waals surface area (Å²) in [5, 5.41) is 10.1. The number of carbonyl (C=O) groups is 2. The van der Waals surface area contributed by atoms with E-state index in [0.29, 0.717) is 29.5 Å². The van der Waals surface area contributed by atoms with Gasteiger partial charge in [0.1, 0.15) is 11.6 Å². The van der Waals surface area contributed by atoms with Crippen molar-refractivity contribution >= 4 is 17.3 Å². The van der Waals surface area contributed by atoms with Gasteiger partial charge in [-0.3, -0.25) is 9.59 Å². The smallest absolute Gasteiger partial charge is 0.238 e. The maximum atomic E-state index is 14.1. The van der Waals surface area contributed by atoms with E-state index in [1.807, 2.05) is 54.3 Å². The predicted octanol–water partition coefficient (Wildman–Crippen LogP) is 3.52. The summed E-state index contributed by atoms with van der Waals surface area (Å²) in [4.78, 5) is 29.6. The van der Waals surface area contributed by atoms with Gasteiger partial charge in [0, 0.05) is 34.5 Å². The molecule has 6 rings (SSSR count). The Morgan fingerprint density at radius 3 is 2.55 bits per heavy atom. The van der Waals surface area contributed by atoms with Crippen molar-refractivity contribution < 1.29 is 14.3 Å². The molecule has 4 aliphatic rings. The number of hydrogen-bond acceptors (Lipinski definition) is 6. The van der Waals surface area contributed by atoms with E-state index in [9.17, 15) is 14.9 Å². The Morgan fingerprint density at radius 1 is 1.10 bits per heavy atom. The molecule has 2 aromatic rings. The molecule has 0 radical (unpaired) electrons. The summed E-state index contributed by atoms with van der Waals surface area (Å²) in [6.45, 7) is 2.02. The molecule has 0 bridgehead atoms. The highest BCUT2D eigenvalue weighted by Crippen LogP contribution is 2.72. The van der Waals surface area contributed by atoms with Crippen molar-refractivity contribution in [2.75, 3.05) is 4.90 Å². The lowest BCUT2D eigenvalue weighted by molar-refractivity contribution is -0.118. The van der Waals surface area contributed by atoms with Gasteiger partial charge in [0.15, 0.2) is 17.0 Å². The van der Waals surface area contributed by atoms with Crippen molar-refractivity contribution in [2.45, 2.75) is 25.5 Å². The number of nitrogens with two attached hydrogens (primary N) is 1. The van der Waals surface area contributed by atoms with E-state index in [1.165, 1.54) is 0 Å². The van der Waals surface area contributed by atoms with Crippen LogP contribution >= 0.6 is 0 Å². The SMILES string of the molecule is CC1CC(=O)C2=C(C1)N(c1ccccc1)[C@@]13OC(N)=C(C#N)[C@@]21C(=O)c1ccccc13. The van der Waals surface area contributed by atoms with Crippen LogP contribution in [0.15, 0.2) is 77.3 Å². The first kappa shape index (κ1) is 18.0. The summed E-state index contributed by atoms with van der Waals surface area (Å²) in [7, 11) is 0. The molecule has 0 amide bonds. The Kier molecular flexibility index (Phi) is 3.27. The monoisotopic (exact) mass is 409 g/mol. The zero-order valence-corrected chi connectivity index (χ0v) is 16.9. The first-order valence-corrected chi connectivity index (χ1v) is 10.3. The average molecular weight is 409 g/mol. The molecule has 0 saturated heterocycles. The number of ketones is 2. The Bertz CT molecular complexity index is 1300. The van der Waals surface area contributed by atoms with Crippen molar-refractivity contribution in [1.29, 1.82) is 5.26 Å². The molecule has 0 fully saturated rings. The van der Waals surface area contributed by atoms with E-state index < -0.39 is 11.1 Å². The van der Waals surface area contributed by atoms with Crippen LogP contribution in [-0.2, 0) is 15.3 Å². The van der Waals surface area contributed by atoms with Gasteiger partial charge in [-0.15, -0.1) is 0 Å². The molecule has 2 aromatic carbocycles. The normalized spacial score (nSPS) is 30.6. The molecule has 3 atom stereocenters. The highest BCUT2D eigenvalue weighted by Gasteiger charge is 2.81. The molecular weight excluding hydrogens is 390 g/mol. The average Bonchev–Trinajstić information content (AvgIpc) is 3.24. The fourth-order valence-corrected chi connectivity index (χ4v) is 6.04. The summed E-state index contributed by atoms with van der Waals surface area (Å²) in [5.41, 5.74) is 6.26. The Hall–Kier alpha value is -3.85. The second kappa shape index (κ2) is 5.64. The number of ether oxygens (including phenoxy) is 1. The van der Waals surface area contributed by atoms with E-state index in [4.69, 9.17) is 10.5 Å². The summed E-state index contributed by atoms with van der Waals surface area (Å²) < 4.78 is 6.38. The first-order valence-electron chi connectivity index (χ1n) is 10.3. The van der Waals surface area contributed by atoms with Crippen molar-refractivity contribution in [3.63, 3.8) is 0 Å². The van der Waals surface area contributed by atoms with Crippen LogP contribution in [-0.4, -0.2) is 11.6 Å². The summed E-state index contributed by atoms with van der Waals surface area (Å²) >= 11 is 0. The number of rotatable bonds is 1. The van der Waals surface area contributed by atoms with E-state index in [2.05, 4.69) is 6.07 Å². The molecular formula is C25H19N3O3. The number of benzene rings is 2. The number of carbonyl (C=O) groups excluding carboxylic acids is 2. The zero-order chi connectivity index (χ0) is 21.5. The number of hydrogen-bond donors (Lipinski definition) is 1. The number of nitriles is 1. The molecule has 2 N–H and O–H groups in total. The molecule has 31 heavy (non-hydrogen) atoms. The quantitative estimate of drug-likeness (QED) is 0.774. The van der Waals surface area contributed by atoms with Crippen molar-refractivity contribution in [2.24, 2.45) is 17.1 Å². The van der Waals surface area contributed by atoms with Crippen LogP contribution in [0.25, 0.3) is 0 Å². The molecule has 0 spiro atoms. The zero-order valence-electron chi connectivity index (χ0n) is 16.9. The lowest BCUT2D eigenvalue weighted by Crippen LogP contribution is -2.52. The van der Waals surface area contributed by atoms with Gasteiger partial charge in [-0.25, -0.2) is 0 Å². The largest absolute Gasteiger partial charge is 0.446 e. The number of allylic oxidation sites excluding steroid dienone is 1. The number of Topliss-reactive ketones (excluding diaryl/α,β-unsaturated/α-hetero) is 2. The van der Waals surface area contributed by atoms with Crippen LogP contribution < -0.4 is 10.6 Å². The van der Waals surface area contributed by atoms with Crippen LogP contribution in [0.1, 0.15) is 35.7 Å². The predicted molar refractivity (Wildman–Crippen MR) is 112 cm³/mol. The third kappa shape index (κ3) is 1.76. The van der Waals surface area contributed by atoms with Crippen molar-refractivity contribution in [1.82, 2.24) is 0 Å². The van der Waals surface area contributed by atoms with Crippen LogP contribution in [0.2, 0.25) is 0 Å². The second-order valence-electron chi connectivity index (χ2n) is 8.65. The number of nitrogens with zero attached hydrogens (tertiary/aromatic N) is 2. The van der Waals surface area contributed by atoms with Gasteiger partial charge in [0.25, 0.3) is 0 Å². The van der Waals surface area contributed by atoms with Gasteiger partial charge in [-0.2, -0.15) is 5.26 Å². The molecule has 0 aromatic heterocycles. The van der Waals surface area contributed by atoms with Crippen molar-refractivity contribution in [3.8, 4) is 6.07 Å².